The summed E-state index contributed by atoms with van der Waals surface area (Å²) in [6, 6.07) is 6.86. The molecular formula is C20H15Cl2N5O. The Morgan fingerprint density at radius 2 is 1.89 bits per heavy atom. The molecule has 0 saturated carbocycles. The van der Waals surface area contributed by atoms with E-state index in [1.807, 2.05) is 17.7 Å². The number of anilines is 1. The van der Waals surface area contributed by atoms with Gasteiger partial charge in [-0.3, -0.25) is 14.8 Å². The van der Waals surface area contributed by atoms with Gasteiger partial charge in [0, 0.05) is 40.9 Å². The molecule has 4 rings (SSSR count). The normalized spacial score (nSPS) is 11.0. The smallest absolute Gasteiger partial charge is 0.258 e. The van der Waals surface area contributed by atoms with E-state index in [9.17, 15) is 4.79 Å². The van der Waals surface area contributed by atoms with Crippen molar-refractivity contribution < 1.29 is 4.79 Å². The number of halogens is 2. The van der Waals surface area contributed by atoms with Crippen molar-refractivity contribution in [1.82, 2.24) is 19.5 Å². The van der Waals surface area contributed by atoms with Crippen molar-refractivity contribution in [3.63, 3.8) is 0 Å². The molecule has 0 radical (unpaired) electrons. The molecule has 4 aromatic rings. The van der Waals surface area contributed by atoms with Crippen LogP contribution in [0.15, 0.2) is 55.2 Å². The number of rotatable bonds is 4. The topological polar surface area (TPSA) is 72.7 Å². The molecule has 0 aliphatic carbocycles. The van der Waals surface area contributed by atoms with Gasteiger partial charge in [-0.05, 0) is 36.8 Å². The van der Waals surface area contributed by atoms with E-state index in [0.29, 0.717) is 33.5 Å². The molecule has 140 valence electrons. The van der Waals surface area contributed by atoms with Gasteiger partial charge in [-0.1, -0.05) is 23.2 Å². The Balaban J connectivity index is 1.68. The fraction of sp³-hybridized carbons (Fsp3) is 0.100. The van der Waals surface area contributed by atoms with Crippen LogP contribution in [0, 0.1) is 6.92 Å². The van der Waals surface area contributed by atoms with Crippen molar-refractivity contribution in [2.75, 3.05) is 5.32 Å². The molecule has 28 heavy (non-hydrogen) atoms. The Morgan fingerprint density at radius 1 is 1.11 bits per heavy atom. The van der Waals surface area contributed by atoms with Crippen molar-refractivity contribution in [2.24, 2.45) is 0 Å². The Hall–Kier alpha value is -2.96. The number of hydrogen-bond donors (Lipinski definition) is 1. The van der Waals surface area contributed by atoms with E-state index in [4.69, 9.17) is 23.2 Å². The second-order valence-electron chi connectivity index (χ2n) is 6.28. The van der Waals surface area contributed by atoms with Gasteiger partial charge in [0.25, 0.3) is 5.91 Å². The summed E-state index contributed by atoms with van der Waals surface area (Å²) in [6.07, 6.45) is 8.41. The van der Waals surface area contributed by atoms with Crippen LogP contribution < -0.4 is 5.32 Å². The maximum Gasteiger partial charge on any atom is 0.258 e. The summed E-state index contributed by atoms with van der Waals surface area (Å²) in [4.78, 5) is 25.5. The summed E-state index contributed by atoms with van der Waals surface area (Å²) < 4.78 is 1.95. The second-order valence-corrected chi connectivity index (χ2v) is 7.10. The van der Waals surface area contributed by atoms with Crippen molar-refractivity contribution in [3.8, 4) is 0 Å². The van der Waals surface area contributed by atoms with Crippen LogP contribution in [-0.4, -0.2) is 25.4 Å². The summed E-state index contributed by atoms with van der Waals surface area (Å²) in [5.74, 6) is -0.331. The van der Waals surface area contributed by atoms with Gasteiger partial charge in [-0.25, -0.2) is 4.98 Å². The summed E-state index contributed by atoms with van der Waals surface area (Å²) in [5, 5.41) is 4.52. The molecule has 0 atom stereocenters. The highest BCUT2D eigenvalue weighted by molar-refractivity contribution is 6.39. The van der Waals surface area contributed by atoms with E-state index < -0.39 is 0 Å². The van der Waals surface area contributed by atoms with Gasteiger partial charge < -0.3 is 9.88 Å². The lowest BCUT2D eigenvalue weighted by Crippen LogP contribution is -2.13. The highest BCUT2D eigenvalue weighted by Gasteiger charge is 2.18. The summed E-state index contributed by atoms with van der Waals surface area (Å²) >= 11 is 12.5. The summed E-state index contributed by atoms with van der Waals surface area (Å²) in [7, 11) is 0. The van der Waals surface area contributed by atoms with E-state index in [0.717, 1.165) is 16.6 Å². The number of nitrogens with zero attached hydrogens (tertiary/aromatic N) is 4. The van der Waals surface area contributed by atoms with Crippen LogP contribution in [-0.2, 0) is 6.54 Å². The van der Waals surface area contributed by atoms with Crippen molar-refractivity contribution in [2.45, 2.75) is 13.5 Å². The minimum Gasteiger partial charge on any atom is -0.326 e. The first-order valence-electron chi connectivity index (χ1n) is 8.48. The molecule has 1 amide bonds. The van der Waals surface area contributed by atoms with E-state index in [1.165, 1.54) is 6.20 Å². The van der Waals surface area contributed by atoms with Crippen molar-refractivity contribution in [1.29, 1.82) is 0 Å². The Kier molecular flexibility index (Phi) is 4.98. The molecule has 0 aliphatic heterocycles. The van der Waals surface area contributed by atoms with Crippen LogP contribution in [0.1, 0.15) is 21.6 Å². The number of benzene rings is 1. The molecule has 3 heterocycles. The first-order chi connectivity index (χ1) is 13.5. The third kappa shape index (κ3) is 3.56. The monoisotopic (exact) mass is 411 g/mol. The lowest BCUT2D eigenvalue weighted by Gasteiger charge is -2.09. The molecule has 0 aliphatic rings. The van der Waals surface area contributed by atoms with Crippen molar-refractivity contribution in [3.05, 3.63) is 82.1 Å². The van der Waals surface area contributed by atoms with Crippen LogP contribution in [0.4, 0.5) is 5.69 Å². The van der Waals surface area contributed by atoms with Crippen LogP contribution in [0.25, 0.3) is 11.0 Å². The fourth-order valence-corrected chi connectivity index (χ4v) is 3.50. The van der Waals surface area contributed by atoms with Gasteiger partial charge in [0.1, 0.15) is 5.65 Å². The average molecular weight is 412 g/mol. The van der Waals surface area contributed by atoms with Gasteiger partial charge in [0.15, 0.2) is 0 Å². The first-order valence-corrected chi connectivity index (χ1v) is 9.24. The highest BCUT2D eigenvalue weighted by atomic mass is 35.5. The Morgan fingerprint density at radius 3 is 2.61 bits per heavy atom. The molecule has 3 aromatic heterocycles. The van der Waals surface area contributed by atoms with Crippen LogP contribution >= 0.6 is 23.2 Å². The van der Waals surface area contributed by atoms with Crippen LogP contribution in [0.2, 0.25) is 10.0 Å². The molecule has 0 unspecified atom stereocenters. The number of carbonyl (C=O) groups excluding carboxylic acids is 1. The molecule has 0 bridgehead atoms. The maximum absolute atomic E-state index is 12.7. The predicted octanol–water partition coefficient (Wildman–Crippen LogP) is 4.74. The number of amides is 1. The SMILES string of the molecule is Cc1cn(Cc2cnccn2)c2ncc(C(=O)Nc3ccc(Cl)cc3)c(Cl)c12. The lowest BCUT2D eigenvalue weighted by molar-refractivity contribution is 0.102. The molecular weight excluding hydrogens is 397 g/mol. The lowest BCUT2D eigenvalue weighted by atomic mass is 10.1. The first kappa shape index (κ1) is 18.4. The number of carbonyl (C=O) groups is 1. The van der Waals surface area contributed by atoms with E-state index in [2.05, 4.69) is 20.3 Å². The number of pyridine rings is 1. The summed E-state index contributed by atoms with van der Waals surface area (Å²) in [6.45, 7) is 2.45. The van der Waals surface area contributed by atoms with Gasteiger partial charge in [-0.15, -0.1) is 0 Å². The molecule has 6 nitrogen and oxygen atoms in total. The average Bonchev–Trinajstić information content (AvgIpc) is 3.01. The molecule has 0 saturated heterocycles. The third-order valence-corrected chi connectivity index (χ3v) is 4.95. The van der Waals surface area contributed by atoms with E-state index in [-0.39, 0.29) is 5.91 Å². The quantitative estimate of drug-likeness (QED) is 0.526. The van der Waals surface area contributed by atoms with Crippen molar-refractivity contribution >= 4 is 45.8 Å². The molecule has 8 heteroatoms. The number of fused-ring (bicyclic) bond motifs is 1. The molecule has 0 spiro atoms. The van der Waals surface area contributed by atoms with Gasteiger partial charge in [-0.2, -0.15) is 0 Å². The third-order valence-electron chi connectivity index (χ3n) is 4.31. The van der Waals surface area contributed by atoms with Crippen LogP contribution in [0.3, 0.4) is 0 Å². The largest absolute Gasteiger partial charge is 0.326 e. The number of aryl methyl sites for hydroxylation is 1. The Labute approximate surface area is 171 Å². The molecule has 1 aromatic carbocycles. The molecule has 0 fully saturated rings. The fourth-order valence-electron chi connectivity index (χ4n) is 3.00. The number of aromatic nitrogens is 4. The zero-order valence-corrected chi connectivity index (χ0v) is 16.4. The highest BCUT2D eigenvalue weighted by Crippen LogP contribution is 2.30. The summed E-state index contributed by atoms with van der Waals surface area (Å²) in [5.41, 5.74) is 3.36. The zero-order chi connectivity index (χ0) is 19.7. The minimum atomic E-state index is -0.331. The molecule has 1 N–H and O–H groups in total. The van der Waals surface area contributed by atoms with Gasteiger partial charge in [0.2, 0.25) is 0 Å². The standard InChI is InChI=1S/C20H15Cl2N5O/c1-12-10-27(11-15-8-23-6-7-24-15)19-17(12)18(22)16(9-25-19)20(28)26-14-4-2-13(21)3-5-14/h2-10H,11H2,1H3,(H,26,28). The van der Waals surface area contributed by atoms with Gasteiger partial charge in [0.05, 0.1) is 29.0 Å². The Bertz CT molecular complexity index is 1160. The minimum absolute atomic E-state index is 0.310. The maximum atomic E-state index is 12.7. The van der Waals surface area contributed by atoms with Gasteiger partial charge >= 0.3 is 0 Å². The number of nitrogens with one attached hydrogen (secondary N) is 1. The van der Waals surface area contributed by atoms with Crippen LogP contribution in [0.5, 0.6) is 0 Å². The predicted molar refractivity (Wildman–Crippen MR) is 110 cm³/mol. The van der Waals surface area contributed by atoms with E-state index in [1.54, 1.807) is 42.9 Å². The van der Waals surface area contributed by atoms with E-state index >= 15 is 0 Å². The zero-order valence-electron chi connectivity index (χ0n) is 14.9. The second kappa shape index (κ2) is 7.58. The number of hydrogen-bond acceptors (Lipinski definition) is 4.